The first kappa shape index (κ1) is 19.6. The lowest BCUT2D eigenvalue weighted by molar-refractivity contribution is -0.235. The molecule has 1 amide bonds. The number of methoxy groups -OCH3 is 1. The van der Waals surface area contributed by atoms with Gasteiger partial charge in [-0.05, 0) is 20.3 Å². The number of amides is 1. The first-order valence-corrected chi connectivity index (χ1v) is 9.98. The van der Waals surface area contributed by atoms with Crippen LogP contribution in [0, 0.1) is 5.92 Å². The first-order chi connectivity index (χ1) is 11.2. The van der Waals surface area contributed by atoms with Crippen molar-refractivity contribution in [2.75, 3.05) is 40.0 Å². The lowest BCUT2D eigenvalue weighted by atomic mass is 9.80. The maximum atomic E-state index is 12.4. The molecule has 0 aromatic carbocycles. The van der Waals surface area contributed by atoms with Gasteiger partial charge in [0.05, 0.1) is 25.7 Å². The number of sulfone groups is 1. The van der Waals surface area contributed by atoms with Crippen molar-refractivity contribution in [3.8, 4) is 0 Å². The molecule has 0 aromatic rings. The van der Waals surface area contributed by atoms with E-state index in [1.54, 1.807) is 12.0 Å². The Kier molecular flexibility index (Phi) is 6.24. The minimum atomic E-state index is -3.45. The van der Waals surface area contributed by atoms with E-state index in [0.29, 0.717) is 26.2 Å². The monoisotopic (exact) mass is 365 g/mol. The molecule has 0 N–H and O–H groups in total. The van der Waals surface area contributed by atoms with Gasteiger partial charge in [-0.3, -0.25) is 4.79 Å². The average molecular weight is 365 g/mol. The fraction of sp³-hybridized carbons (Fsp3) is 0.933. The molecule has 0 bridgehead atoms. The van der Waals surface area contributed by atoms with Gasteiger partial charge in [0.2, 0.25) is 5.91 Å². The van der Waals surface area contributed by atoms with Gasteiger partial charge in [-0.1, -0.05) is 0 Å². The SMILES string of the molecule is COCCOCOC(CC1C(=O)N2C1CCOC2(C)C)S(C)(=O)=O. The highest BCUT2D eigenvalue weighted by Gasteiger charge is 2.56. The lowest BCUT2D eigenvalue weighted by Crippen LogP contribution is -2.71. The molecule has 0 spiro atoms. The number of rotatable bonds is 9. The molecule has 8 nitrogen and oxygen atoms in total. The van der Waals surface area contributed by atoms with Crippen molar-refractivity contribution in [2.45, 2.75) is 43.9 Å². The fourth-order valence-corrected chi connectivity index (χ4v) is 4.11. The van der Waals surface area contributed by atoms with Gasteiger partial charge < -0.3 is 23.8 Å². The summed E-state index contributed by atoms with van der Waals surface area (Å²) in [5.41, 5.74) is -1.69. The average Bonchev–Trinajstić information content (AvgIpc) is 2.47. The summed E-state index contributed by atoms with van der Waals surface area (Å²) >= 11 is 0. The third kappa shape index (κ3) is 4.26. The summed E-state index contributed by atoms with van der Waals surface area (Å²) in [6.45, 7) is 4.83. The van der Waals surface area contributed by atoms with Crippen molar-refractivity contribution < 1.29 is 32.2 Å². The number of fused-ring (bicyclic) bond motifs is 1. The Morgan fingerprint density at radius 3 is 2.71 bits per heavy atom. The minimum Gasteiger partial charge on any atom is -0.382 e. The fourth-order valence-electron chi connectivity index (χ4n) is 3.26. The lowest BCUT2D eigenvalue weighted by Gasteiger charge is -2.57. The second kappa shape index (κ2) is 7.65. The molecule has 2 heterocycles. The number of β-lactam (4-membered cyclic amide) rings is 1. The summed E-state index contributed by atoms with van der Waals surface area (Å²) < 4.78 is 44.9. The van der Waals surface area contributed by atoms with Crippen molar-refractivity contribution in [1.29, 1.82) is 0 Å². The van der Waals surface area contributed by atoms with Gasteiger partial charge in [-0.2, -0.15) is 0 Å². The topological polar surface area (TPSA) is 91.4 Å². The summed E-state index contributed by atoms with van der Waals surface area (Å²) in [4.78, 5) is 14.1. The van der Waals surface area contributed by atoms with Gasteiger partial charge in [-0.25, -0.2) is 8.42 Å². The number of hydrogen-bond donors (Lipinski definition) is 0. The molecule has 2 saturated heterocycles. The molecule has 2 rings (SSSR count). The van der Waals surface area contributed by atoms with Crippen LogP contribution < -0.4 is 0 Å². The van der Waals surface area contributed by atoms with Crippen LogP contribution in [0.1, 0.15) is 26.7 Å². The van der Waals surface area contributed by atoms with Gasteiger partial charge in [0.25, 0.3) is 0 Å². The summed E-state index contributed by atoms with van der Waals surface area (Å²) in [7, 11) is -1.91. The van der Waals surface area contributed by atoms with Gasteiger partial charge in [0, 0.05) is 25.8 Å². The van der Waals surface area contributed by atoms with E-state index in [1.165, 1.54) is 0 Å². The Hall–Kier alpha value is -0.740. The molecular weight excluding hydrogens is 338 g/mol. The van der Waals surface area contributed by atoms with Crippen LogP contribution in [0.25, 0.3) is 0 Å². The molecular formula is C15H27NO7S. The largest absolute Gasteiger partial charge is 0.382 e. The zero-order valence-corrected chi connectivity index (χ0v) is 15.5. The van der Waals surface area contributed by atoms with Crippen LogP contribution in [0.2, 0.25) is 0 Å². The van der Waals surface area contributed by atoms with Gasteiger partial charge >= 0.3 is 0 Å². The van der Waals surface area contributed by atoms with Crippen molar-refractivity contribution in [1.82, 2.24) is 4.90 Å². The molecule has 0 saturated carbocycles. The summed E-state index contributed by atoms with van der Waals surface area (Å²) in [6.07, 6.45) is 1.96. The summed E-state index contributed by atoms with van der Waals surface area (Å²) in [5.74, 6) is -0.436. The number of nitrogens with zero attached hydrogens (tertiary/aromatic N) is 1. The molecule has 2 aliphatic heterocycles. The normalized spacial score (nSPS) is 27.5. The van der Waals surface area contributed by atoms with Crippen LogP contribution >= 0.6 is 0 Å². The molecule has 2 fully saturated rings. The van der Waals surface area contributed by atoms with Crippen LogP contribution in [-0.2, 0) is 33.6 Å². The third-order valence-electron chi connectivity index (χ3n) is 4.49. The second-order valence-corrected chi connectivity index (χ2v) is 8.83. The van der Waals surface area contributed by atoms with Crippen molar-refractivity contribution in [3.63, 3.8) is 0 Å². The quantitative estimate of drug-likeness (QED) is 0.331. The Balaban J connectivity index is 1.94. The Bertz CT molecular complexity index is 548. The molecule has 140 valence electrons. The van der Waals surface area contributed by atoms with Crippen LogP contribution in [0.5, 0.6) is 0 Å². The molecule has 3 atom stereocenters. The standard InChI is InChI=1S/C15H27NO7S/c1-15(2)16-12(5-6-23-15)11(14(16)17)9-13(24(4,18)19)22-10-21-8-7-20-3/h11-13H,5-10H2,1-4H3. The Morgan fingerprint density at radius 1 is 1.38 bits per heavy atom. The van der Waals surface area contributed by atoms with E-state index in [0.717, 1.165) is 6.26 Å². The zero-order chi connectivity index (χ0) is 18.0. The first-order valence-electron chi connectivity index (χ1n) is 8.03. The van der Waals surface area contributed by atoms with Crippen LogP contribution in [-0.4, -0.2) is 76.4 Å². The Morgan fingerprint density at radius 2 is 2.08 bits per heavy atom. The maximum absolute atomic E-state index is 12.4. The van der Waals surface area contributed by atoms with Crippen molar-refractivity contribution in [2.24, 2.45) is 5.92 Å². The molecule has 0 aliphatic carbocycles. The predicted molar refractivity (Wildman–Crippen MR) is 85.8 cm³/mol. The predicted octanol–water partition coefficient (Wildman–Crippen LogP) is 0.368. The second-order valence-electron chi connectivity index (χ2n) is 6.65. The van der Waals surface area contributed by atoms with Crippen LogP contribution in [0.3, 0.4) is 0 Å². The molecule has 24 heavy (non-hydrogen) atoms. The highest BCUT2D eigenvalue weighted by molar-refractivity contribution is 7.91. The van der Waals surface area contributed by atoms with Crippen molar-refractivity contribution in [3.05, 3.63) is 0 Å². The van der Waals surface area contributed by atoms with Gasteiger partial charge in [0.15, 0.2) is 15.3 Å². The van der Waals surface area contributed by atoms with E-state index in [-0.39, 0.29) is 31.1 Å². The van der Waals surface area contributed by atoms with Crippen LogP contribution in [0.15, 0.2) is 0 Å². The highest BCUT2D eigenvalue weighted by Crippen LogP contribution is 2.42. The zero-order valence-electron chi connectivity index (χ0n) is 14.7. The number of carbonyl (C=O) groups is 1. The van der Waals surface area contributed by atoms with E-state index < -0.39 is 21.0 Å². The van der Waals surface area contributed by atoms with Crippen LogP contribution in [0.4, 0.5) is 0 Å². The van der Waals surface area contributed by atoms with E-state index in [2.05, 4.69) is 0 Å². The van der Waals surface area contributed by atoms with E-state index in [4.69, 9.17) is 18.9 Å². The van der Waals surface area contributed by atoms with Gasteiger partial charge in [-0.15, -0.1) is 0 Å². The number of hydrogen-bond acceptors (Lipinski definition) is 7. The smallest absolute Gasteiger partial charge is 0.230 e. The number of ether oxygens (including phenoxy) is 4. The summed E-state index contributed by atoms with van der Waals surface area (Å²) in [5, 5.41) is 0. The molecule has 0 aromatic heterocycles. The minimum absolute atomic E-state index is 0.00325. The van der Waals surface area contributed by atoms with Gasteiger partial charge in [0.1, 0.15) is 12.5 Å². The third-order valence-corrected chi connectivity index (χ3v) is 5.78. The van der Waals surface area contributed by atoms with E-state index in [1.807, 2.05) is 13.8 Å². The summed E-state index contributed by atoms with van der Waals surface area (Å²) in [6, 6.07) is 0.00325. The van der Waals surface area contributed by atoms with Crippen molar-refractivity contribution >= 4 is 15.7 Å². The highest BCUT2D eigenvalue weighted by atomic mass is 32.2. The van der Waals surface area contributed by atoms with E-state index in [9.17, 15) is 13.2 Å². The molecule has 9 heteroatoms. The molecule has 2 aliphatic rings. The molecule has 3 unspecified atom stereocenters. The maximum Gasteiger partial charge on any atom is 0.230 e. The Labute approximate surface area is 143 Å². The molecule has 0 radical (unpaired) electrons. The number of carbonyl (C=O) groups excluding carboxylic acids is 1. The van der Waals surface area contributed by atoms with E-state index >= 15 is 0 Å².